The minimum absolute atomic E-state index is 0.324. The van der Waals surface area contributed by atoms with Crippen molar-refractivity contribution in [2.24, 2.45) is 11.7 Å². The van der Waals surface area contributed by atoms with E-state index in [9.17, 15) is 4.79 Å². The zero-order valence-corrected chi connectivity index (χ0v) is 8.22. The molecular formula is C9H17NOS. The molecule has 0 amide bonds. The number of hydrogen-bond donors (Lipinski definition) is 2. The number of hydrogen-bond acceptors (Lipinski definition) is 3. The maximum Gasteiger partial charge on any atom is 0.136 e. The van der Waals surface area contributed by atoms with E-state index in [1.807, 2.05) is 0 Å². The van der Waals surface area contributed by atoms with Crippen LogP contribution < -0.4 is 5.73 Å². The number of thiol groups is 1. The van der Waals surface area contributed by atoms with E-state index in [0.717, 1.165) is 32.1 Å². The van der Waals surface area contributed by atoms with Crippen molar-refractivity contribution in [1.82, 2.24) is 0 Å². The van der Waals surface area contributed by atoms with Crippen LogP contribution in [-0.2, 0) is 4.79 Å². The molecule has 1 aliphatic rings. The standard InChI is InChI=1S/C9H17NOS/c10-4-2-1-3-9(11)7-5-8(12)6-7/h7-8,12H,1-6,10H2. The first-order chi connectivity index (χ1) is 5.74. The second-order valence-electron chi connectivity index (χ2n) is 3.53. The number of unbranched alkanes of at least 4 members (excludes halogenated alkanes) is 1. The molecule has 3 heteroatoms. The summed E-state index contributed by atoms with van der Waals surface area (Å²) in [4.78, 5) is 11.4. The van der Waals surface area contributed by atoms with Gasteiger partial charge in [0.25, 0.3) is 0 Å². The molecule has 1 fully saturated rings. The number of nitrogens with two attached hydrogens (primary N) is 1. The van der Waals surface area contributed by atoms with Gasteiger partial charge in [0.1, 0.15) is 5.78 Å². The van der Waals surface area contributed by atoms with Gasteiger partial charge in [-0.05, 0) is 32.2 Å². The lowest BCUT2D eigenvalue weighted by molar-refractivity contribution is -0.125. The number of ketones is 1. The third kappa shape index (κ3) is 2.79. The summed E-state index contributed by atoms with van der Waals surface area (Å²) in [6.45, 7) is 0.702. The smallest absolute Gasteiger partial charge is 0.136 e. The fraction of sp³-hybridized carbons (Fsp3) is 0.889. The van der Waals surface area contributed by atoms with Gasteiger partial charge in [-0.3, -0.25) is 4.79 Å². The van der Waals surface area contributed by atoms with Crippen LogP contribution in [0.2, 0.25) is 0 Å². The van der Waals surface area contributed by atoms with E-state index in [4.69, 9.17) is 5.73 Å². The van der Waals surface area contributed by atoms with Crippen molar-refractivity contribution < 1.29 is 4.79 Å². The van der Waals surface area contributed by atoms with Crippen LogP contribution >= 0.6 is 12.6 Å². The van der Waals surface area contributed by atoms with E-state index in [1.165, 1.54) is 0 Å². The number of carbonyl (C=O) groups is 1. The quantitative estimate of drug-likeness (QED) is 0.504. The molecule has 2 nitrogen and oxygen atoms in total. The number of Topliss-reactive ketones (excluding diaryl/α,β-unsaturated/α-hetero) is 1. The number of carbonyl (C=O) groups excluding carboxylic acids is 1. The number of rotatable bonds is 5. The average Bonchev–Trinajstić information content (AvgIpc) is 1.99. The molecule has 0 aromatic heterocycles. The van der Waals surface area contributed by atoms with Crippen LogP contribution in [0.5, 0.6) is 0 Å². The van der Waals surface area contributed by atoms with Gasteiger partial charge < -0.3 is 5.73 Å². The normalized spacial score (nSPS) is 28.2. The topological polar surface area (TPSA) is 43.1 Å². The van der Waals surface area contributed by atoms with Gasteiger partial charge in [-0.2, -0.15) is 12.6 Å². The highest BCUT2D eigenvalue weighted by atomic mass is 32.1. The molecule has 0 aromatic rings. The predicted molar refractivity (Wildman–Crippen MR) is 53.4 cm³/mol. The van der Waals surface area contributed by atoms with Crippen molar-refractivity contribution in [2.45, 2.75) is 37.4 Å². The van der Waals surface area contributed by atoms with E-state index in [0.29, 0.717) is 23.5 Å². The molecule has 0 bridgehead atoms. The Balaban J connectivity index is 2.04. The highest BCUT2D eigenvalue weighted by Crippen LogP contribution is 2.33. The zero-order chi connectivity index (χ0) is 8.97. The lowest BCUT2D eigenvalue weighted by Crippen LogP contribution is -2.30. The fourth-order valence-corrected chi connectivity index (χ4v) is 2.01. The van der Waals surface area contributed by atoms with Crippen LogP contribution in [0, 0.1) is 5.92 Å². The molecule has 12 heavy (non-hydrogen) atoms. The van der Waals surface area contributed by atoms with E-state index < -0.39 is 0 Å². The maximum absolute atomic E-state index is 11.4. The lowest BCUT2D eigenvalue weighted by Gasteiger charge is -2.30. The average molecular weight is 187 g/mol. The molecule has 1 rings (SSSR count). The van der Waals surface area contributed by atoms with Gasteiger partial charge in [-0.15, -0.1) is 0 Å². The third-order valence-electron chi connectivity index (χ3n) is 2.45. The van der Waals surface area contributed by atoms with Crippen LogP contribution in [0.3, 0.4) is 0 Å². The second-order valence-corrected chi connectivity index (χ2v) is 4.26. The Hall–Kier alpha value is -0.0200. The summed E-state index contributed by atoms with van der Waals surface area (Å²) in [6, 6.07) is 0. The molecule has 0 aliphatic heterocycles. The lowest BCUT2D eigenvalue weighted by atomic mass is 9.80. The van der Waals surface area contributed by atoms with Crippen molar-refractivity contribution in [3.8, 4) is 0 Å². The van der Waals surface area contributed by atoms with Crippen molar-refractivity contribution in [2.75, 3.05) is 6.54 Å². The predicted octanol–water partition coefficient (Wildman–Crippen LogP) is 1.39. The Morgan fingerprint density at radius 1 is 1.42 bits per heavy atom. The van der Waals surface area contributed by atoms with Crippen LogP contribution in [-0.4, -0.2) is 17.6 Å². The first-order valence-corrected chi connectivity index (χ1v) is 5.16. The summed E-state index contributed by atoms with van der Waals surface area (Å²) in [6.07, 6.45) is 4.64. The largest absolute Gasteiger partial charge is 0.330 e. The second kappa shape index (κ2) is 4.87. The summed E-state index contributed by atoms with van der Waals surface area (Å²) >= 11 is 4.28. The van der Waals surface area contributed by atoms with E-state index in [1.54, 1.807) is 0 Å². The van der Waals surface area contributed by atoms with Gasteiger partial charge >= 0.3 is 0 Å². The molecule has 0 aromatic carbocycles. The van der Waals surface area contributed by atoms with Gasteiger partial charge in [-0.1, -0.05) is 0 Å². The van der Waals surface area contributed by atoms with Gasteiger partial charge in [0.15, 0.2) is 0 Å². The summed E-state index contributed by atoms with van der Waals surface area (Å²) < 4.78 is 0. The van der Waals surface area contributed by atoms with Crippen molar-refractivity contribution >= 4 is 18.4 Å². The molecule has 0 spiro atoms. The summed E-state index contributed by atoms with van der Waals surface area (Å²) in [5.74, 6) is 0.749. The molecule has 0 heterocycles. The Bertz CT molecular complexity index is 155. The molecule has 0 atom stereocenters. The van der Waals surface area contributed by atoms with Crippen LogP contribution in [0.1, 0.15) is 32.1 Å². The molecule has 2 N–H and O–H groups in total. The Morgan fingerprint density at radius 3 is 2.58 bits per heavy atom. The molecule has 70 valence electrons. The summed E-state index contributed by atoms with van der Waals surface area (Å²) in [5.41, 5.74) is 5.34. The summed E-state index contributed by atoms with van der Waals surface area (Å²) in [7, 11) is 0. The molecule has 0 radical (unpaired) electrons. The van der Waals surface area contributed by atoms with Crippen LogP contribution in [0.4, 0.5) is 0 Å². The first-order valence-electron chi connectivity index (χ1n) is 4.65. The molecule has 1 aliphatic carbocycles. The van der Waals surface area contributed by atoms with Crippen LogP contribution in [0.15, 0.2) is 0 Å². The molecular weight excluding hydrogens is 170 g/mol. The SMILES string of the molecule is NCCCCC(=O)C1CC(S)C1. The van der Waals surface area contributed by atoms with Crippen molar-refractivity contribution in [3.05, 3.63) is 0 Å². The van der Waals surface area contributed by atoms with E-state index in [2.05, 4.69) is 12.6 Å². The van der Waals surface area contributed by atoms with Gasteiger partial charge in [0.05, 0.1) is 0 Å². The van der Waals surface area contributed by atoms with E-state index in [-0.39, 0.29) is 0 Å². The minimum atomic E-state index is 0.324. The van der Waals surface area contributed by atoms with Crippen molar-refractivity contribution in [1.29, 1.82) is 0 Å². The molecule has 1 saturated carbocycles. The Morgan fingerprint density at radius 2 is 2.08 bits per heavy atom. The maximum atomic E-state index is 11.4. The van der Waals surface area contributed by atoms with Crippen LogP contribution in [0.25, 0.3) is 0 Å². The monoisotopic (exact) mass is 187 g/mol. The third-order valence-corrected chi connectivity index (χ3v) is 2.87. The summed E-state index contributed by atoms with van der Waals surface area (Å²) in [5, 5.41) is 0.480. The van der Waals surface area contributed by atoms with Gasteiger partial charge in [-0.25, -0.2) is 0 Å². The first kappa shape index (κ1) is 10.1. The van der Waals surface area contributed by atoms with E-state index >= 15 is 0 Å². The van der Waals surface area contributed by atoms with Crippen molar-refractivity contribution in [3.63, 3.8) is 0 Å². The fourth-order valence-electron chi connectivity index (χ4n) is 1.50. The van der Waals surface area contributed by atoms with Gasteiger partial charge in [0.2, 0.25) is 0 Å². The molecule has 0 unspecified atom stereocenters. The Labute approximate surface area is 79.3 Å². The molecule has 0 saturated heterocycles. The zero-order valence-electron chi connectivity index (χ0n) is 7.33. The highest BCUT2D eigenvalue weighted by Gasteiger charge is 2.31. The Kier molecular flexibility index (Phi) is 4.09. The highest BCUT2D eigenvalue weighted by molar-refractivity contribution is 7.81. The van der Waals surface area contributed by atoms with Gasteiger partial charge in [0, 0.05) is 17.6 Å². The minimum Gasteiger partial charge on any atom is -0.330 e.